The van der Waals surface area contributed by atoms with Gasteiger partial charge >= 0.3 is 11.7 Å². The van der Waals surface area contributed by atoms with Crippen molar-refractivity contribution < 1.29 is 18.7 Å². The molecule has 1 aromatic heterocycles. The first-order valence-corrected chi connectivity index (χ1v) is 8.71. The van der Waals surface area contributed by atoms with E-state index in [1.165, 1.54) is 6.07 Å². The lowest BCUT2D eigenvalue weighted by atomic mass is 10.1. The highest BCUT2D eigenvalue weighted by Crippen LogP contribution is 2.28. The maximum atomic E-state index is 11.9. The first kappa shape index (κ1) is 18.0. The van der Waals surface area contributed by atoms with E-state index in [9.17, 15) is 14.4 Å². The van der Waals surface area contributed by atoms with E-state index in [2.05, 4.69) is 10.6 Å². The molecule has 26 heavy (non-hydrogen) atoms. The van der Waals surface area contributed by atoms with Crippen molar-refractivity contribution in [2.45, 2.75) is 45.6 Å². The molecule has 1 heterocycles. The van der Waals surface area contributed by atoms with Crippen LogP contribution in [0.25, 0.3) is 11.0 Å². The van der Waals surface area contributed by atoms with E-state index >= 15 is 0 Å². The van der Waals surface area contributed by atoms with Gasteiger partial charge in [0.2, 0.25) is 0 Å². The number of fused-ring (bicyclic) bond motifs is 1. The Bertz CT molecular complexity index is 897. The van der Waals surface area contributed by atoms with Crippen molar-refractivity contribution in [1.82, 2.24) is 10.6 Å². The van der Waals surface area contributed by atoms with Crippen LogP contribution in [0.4, 0.5) is 4.79 Å². The molecule has 0 aliphatic heterocycles. The van der Waals surface area contributed by atoms with Crippen LogP contribution >= 0.6 is 0 Å². The highest BCUT2D eigenvalue weighted by Gasteiger charge is 2.18. The molecule has 7 heteroatoms. The summed E-state index contributed by atoms with van der Waals surface area (Å²) in [6.07, 6.45) is 4.08. The number of benzene rings is 1. The summed E-state index contributed by atoms with van der Waals surface area (Å²) in [5, 5.41) is 5.86. The van der Waals surface area contributed by atoms with Crippen LogP contribution in [-0.2, 0) is 4.79 Å². The van der Waals surface area contributed by atoms with Crippen LogP contribution in [0.2, 0.25) is 0 Å². The molecule has 1 aliphatic rings. The molecule has 1 aromatic carbocycles. The standard InChI is InChI=1S/C19H22N2O5/c1-11-9-17(23)26-18-12(2)15(8-7-14(11)18)25-10-16(22)21-19(24)20-13-5-3-4-6-13/h7-9,13H,3-6,10H2,1-2H3,(H2,20,21,22,24). The van der Waals surface area contributed by atoms with Crippen LogP contribution in [0.1, 0.15) is 36.8 Å². The molecule has 2 N–H and O–H groups in total. The molecular formula is C19H22N2O5. The number of nitrogens with one attached hydrogen (secondary N) is 2. The summed E-state index contributed by atoms with van der Waals surface area (Å²) >= 11 is 0. The Morgan fingerprint density at radius 2 is 1.96 bits per heavy atom. The molecule has 2 aromatic rings. The molecule has 0 radical (unpaired) electrons. The van der Waals surface area contributed by atoms with Gasteiger partial charge in [0, 0.05) is 23.1 Å². The average Bonchev–Trinajstić information content (AvgIpc) is 3.07. The second-order valence-corrected chi connectivity index (χ2v) is 6.61. The number of amides is 3. The first-order chi connectivity index (χ1) is 12.4. The third-order valence-corrected chi connectivity index (χ3v) is 4.62. The predicted octanol–water partition coefficient (Wildman–Crippen LogP) is 2.56. The van der Waals surface area contributed by atoms with Crippen molar-refractivity contribution in [3.63, 3.8) is 0 Å². The molecule has 1 aliphatic carbocycles. The molecule has 1 fully saturated rings. The summed E-state index contributed by atoms with van der Waals surface area (Å²) in [5.41, 5.74) is 1.45. The van der Waals surface area contributed by atoms with Gasteiger partial charge < -0.3 is 14.5 Å². The number of rotatable bonds is 4. The number of carbonyl (C=O) groups is 2. The van der Waals surface area contributed by atoms with Crippen LogP contribution in [0.15, 0.2) is 27.4 Å². The minimum atomic E-state index is -0.536. The van der Waals surface area contributed by atoms with Crippen LogP contribution < -0.4 is 21.0 Å². The quantitative estimate of drug-likeness (QED) is 0.819. The van der Waals surface area contributed by atoms with Gasteiger partial charge in [-0.15, -0.1) is 0 Å². The smallest absolute Gasteiger partial charge is 0.336 e. The number of ether oxygens (including phenoxy) is 1. The molecular weight excluding hydrogens is 336 g/mol. The highest BCUT2D eigenvalue weighted by molar-refractivity contribution is 5.95. The number of carbonyl (C=O) groups excluding carboxylic acids is 2. The molecule has 0 unspecified atom stereocenters. The Balaban J connectivity index is 1.62. The van der Waals surface area contributed by atoms with Gasteiger partial charge in [-0.05, 0) is 44.4 Å². The van der Waals surface area contributed by atoms with E-state index in [-0.39, 0.29) is 12.6 Å². The van der Waals surface area contributed by atoms with Gasteiger partial charge in [-0.3, -0.25) is 10.1 Å². The number of imide groups is 1. The minimum Gasteiger partial charge on any atom is -0.483 e. The van der Waals surface area contributed by atoms with Crippen molar-refractivity contribution in [2.75, 3.05) is 6.61 Å². The van der Waals surface area contributed by atoms with Gasteiger partial charge in [0.15, 0.2) is 6.61 Å². The normalized spacial score (nSPS) is 14.4. The van der Waals surface area contributed by atoms with Crippen molar-refractivity contribution in [1.29, 1.82) is 0 Å². The molecule has 0 spiro atoms. The number of aryl methyl sites for hydroxylation is 2. The topological polar surface area (TPSA) is 97.6 Å². The fourth-order valence-corrected chi connectivity index (χ4v) is 3.25. The average molecular weight is 358 g/mol. The van der Waals surface area contributed by atoms with Crippen LogP contribution in [0.5, 0.6) is 5.75 Å². The van der Waals surface area contributed by atoms with Gasteiger partial charge in [-0.2, -0.15) is 0 Å². The summed E-state index contributed by atoms with van der Waals surface area (Å²) in [7, 11) is 0. The van der Waals surface area contributed by atoms with E-state index in [1.54, 1.807) is 19.1 Å². The van der Waals surface area contributed by atoms with E-state index in [0.29, 0.717) is 16.9 Å². The molecule has 3 amide bonds. The summed E-state index contributed by atoms with van der Waals surface area (Å²) in [5.74, 6) is -0.108. The van der Waals surface area contributed by atoms with Crippen molar-refractivity contribution in [2.24, 2.45) is 0 Å². The maximum absolute atomic E-state index is 11.9. The van der Waals surface area contributed by atoms with Crippen LogP contribution in [0.3, 0.4) is 0 Å². The summed E-state index contributed by atoms with van der Waals surface area (Å²) in [6.45, 7) is 3.28. The molecule has 1 saturated carbocycles. The summed E-state index contributed by atoms with van der Waals surface area (Å²) in [6, 6.07) is 4.57. The van der Waals surface area contributed by atoms with E-state index < -0.39 is 17.6 Å². The zero-order chi connectivity index (χ0) is 18.7. The zero-order valence-electron chi connectivity index (χ0n) is 14.9. The van der Waals surface area contributed by atoms with Crippen molar-refractivity contribution >= 4 is 22.9 Å². The third kappa shape index (κ3) is 4.04. The van der Waals surface area contributed by atoms with Crippen molar-refractivity contribution in [3.8, 4) is 5.75 Å². The molecule has 138 valence electrons. The largest absolute Gasteiger partial charge is 0.483 e. The zero-order valence-corrected chi connectivity index (χ0v) is 14.9. The molecule has 3 rings (SSSR count). The number of hydrogen-bond acceptors (Lipinski definition) is 5. The lowest BCUT2D eigenvalue weighted by Crippen LogP contribution is -2.45. The van der Waals surface area contributed by atoms with Crippen molar-refractivity contribution in [3.05, 3.63) is 39.7 Å². The Morgan fingerprint density at radius 3 is 2.69 bits per heavy atom. The number of urea groups is 1. The van der Waals surface area contributed by atoms with E-state index in [0.717, 1.165) is 36.6 Å². The second kappa shape index (κ2) is 7.59. The second-order valence-electron chi connectivity index (χ2n) is 6.61. The maximum Gasteiger partial charge on any atom is 0.336 e. The van der Waals surface area contributed by atoms with E-state index in [1.807, 2.05) is 6.92 Å². The summed E-state index contributed by atoms with van der Waals surface area (Å²) < 4.78 is 10.8. The molecule has 0 saturated heterocycles. The lowest BCUT2D eigenvalue weighted by Gasteiger charge is -2.13. The highest BCUT2D eigenvalue weighted by atomic mass is 16.5. The fourth-order valence-electron chi connectivity index (χ4n) is 3.25. The van der Waals surface area contributed by atoms with Gasteiger partial charge in [-0.1, -0.05) is 12.8 Å². The van der Waals surface area contributed by atoms with Crippen LogP contribution in [0, 0.1) is 13.8 Å². The Kier molecular flexibility index (Phi) is 5.25. The van der Waals surface area contributed by atoms with Crippen LogP contribution in [-0.4, -0.2) is 24.6 Å². The third-order valence-electron chi connectivity index (χ3n) is 4.62. The predicted molar refractivity (Wildman–Crippen MR) is 96.4 cm³/mol. The lowest BCUT2D eigenvalue weighted by molar-refractivity contribution is -0.122. The van der Waals surface area contributed by atoms with Gasteiger partial charge in [0.25, 0.3) is 5.91 Å². The first-order valence-electron chi connectivity index (χ1n) is 8.71. The molecule has 0 atom stereocenters. The van der Waals surface area contributed by atoms with Gasteiger partial charge in [0.1, 0.15) is 11.3 Å². The molecule has 7 nitrogen and oxygen atoms in total. The number of hydrogen-bond donors (Lipinski definition) is 2. The SMILES string of the molecule is Cc1cc(=O)oc2c(C)c(OCC(=O)NC(=O)NC3CCCC3)ccc12. The Morgan fingerprint density at radius 1 is 1.23 bits per heavy atom. The minimum absolute atomic E-state index is 0.137. The Labute approximate surface area is 150 Å². The van der Waals surface area contributed by atoms with E-state index in [4.69, 9.17) is 9.15 Å². The van der Waals surface area contributed by atoms with Gasteiger partial charge in [-0.25, -0.2) is 9.59 Å². The summed E-state index contributed by atoms with van der Waals surface area (Å²) in [4.78, 5) is 35.3. The Hall–Kier alpha value is -2.83. The van der Waals surface area contributed by atoms with Gasteiger partial charge in [0.05, 0.1) is 0 Å². The monoisotopic (exact) mass is 358 g/mol. The molecule has 0 bridgehead atoms. The fraction of sp³-hybridized carbons (Fsp3) is 0.421.